The van der Waals surface area contributed by atoms with Crippen molar-refractivity contribution < 1.29 is 22.3 Å². The summed E-state index contributed by atoms with van der Waals surface area (Å²) in [4.78, 5) is 11.7. The molecule has 1 aliphatic rings. The van der Waals surface area contributed by atoms with E-state index >= 15 is 0 Å². The minimum Gasteiger partial charge on any atom is -0.378 e. The van der Waals surface area contributed by atoms with Crippen molar-refractivity contribution in [3.63, 3.8) is 0 Å². The summed E-state index contributed by atoms with van der Waals surface area (Å²) in [5.41, 5.74) is 0.664. The molecule has 1 aliphatic heterocycles. The number of hydrogen-bond acceptors (Lipinski definition) is 4. The van der Waals surface area contributed by atoms with E-state index in [9.17, 15) is 17.6 Å². The molecule has 0 unspecified atom stereocenters. The molecule has 128 valence electrons. The molecule has 1 saturated heterocycles. The maximum atomic E-state index is 12.8. The molecule has 0 radical (unpaired) electrons. The van der Waals surface area contributed by atoms with Gasteiger partial charge in [0.25, 0.3) is 0 Å². The minimum atomic E-state index is -3.50. The molecule has 1 aromatic rings. The van der Waals surface area contributed by atoms with Crippen LogP contribution in [0.25, 0.3) is 0 Å². The first-order valence-corrected chi connectivity index (χ1v) is 9.20. The number of hydrogen-bond donors (Lipinski definition) is 2. The van der Waals surface area contributed by atoms with Crippen LogP contribution in [0.4, 0.5) is 4.39 Å². The quantitative estimate of drug-likeness (QED) is 0.735. The van der Waals surface area contributed by atoms with E-state index in [1.165, 1.54) is 24.3 Å². The largest absolute Gasteiger partial charge is 0.378 e. The zero-order chi connectivity index (χ0) is 16.7. The number of benzene rings is 1. The van der Waals surface area contributed by atoms with Gasteiger partial charge in [-0.05, 0) is 30.5 Å². The van der Waals surface area contributed by atoms with E-state index in [0.717, 1.165) is 12.8 Å². The first kappa shape index (κ1) is 17.8. The van der Waals surface area contributed by atoms with Crippen molar-refractivity contribution in [2.75, 3.05) is 18.9 Å². The Morgan fingerprint density at radius 1 is 1.30 bits per heavy atom. The molecule has 1 heterocycles. The van der Waals surface area contributed by atoms with E-state index in [-0.39, 0.29) is 43.1 Å². The molecule has 0 aliphatic carbocycles. The molecule has 0 spiro atoms. The Hall–Kier alpha value is -1.51. The highest BCUT2D eigenvalue weighted by Crippen LogP contribution is 2.14. The number of amides is 1. The summed E-state index contributed by atoms with van der Waals surface area (Å²) < 4.78 is 44.2. The first-order valence-electron chi connectivity index (χ1n) is 7.55. The summed E-state index contributed by atoms with van der Waals surface area (Å²) in [7, 11) is -3.50. The molecule has 0 saturated carbocycles. The summed E-state index contributed by atoms with van der Waals surface area (Å²) in [6.45, 7) is 0.816. The van der Waals surface area contributed by atoms with Crippen LogP contribution in [0.5, 0.6) is 0 Å². The summed E-state index contributed by atoms with van der Waals surface area (Å²) in [5, 5.41) is 2.58. The van der Waals surface area contributed by atoms with E-state index in [4.69, 9.17) is 4.74 Å². The number of halogens is 1. The average Bonchev–Trinajstić information content (AvgIpc) is 2.99. The smallest absolute Gasteiger partial charge is 0.222 e. The fourth-order valence-electron chi connectivity index (χ4n) is 2.28. The van der Waals surface area contributed by atoms with Crippen molar-refractivity contribution >= 4 is 15.9 Å². The fraction of sp³-hybridized carbons (Fsp3) is 0.533. The van der Waals surface area contributed by atoms with Crippen LogP contribution in [0.2, 0.25) is 0 Å². The van der Waals surface area contributed by atoms with E-state index in [1.54, 1.807) is 0 Å². The molecule has 8 heteroatoms. The Morgan fingerprint density at radius 2 is 2.04 bits per heavy atom. The molecule has 2 rings (SSSR count). The minimum absolute atomic E-state index is 0.0459. The van der Waals surface area contributed by atoms with Crippen LogP contribution in [0.3, 0.4) is 0 Å². The van der Waals surface area contributed by atoms with E-state index in [1.807, 2.05) is 0 Å². The predicted octanol–water partition coefficient (Wildman–Crippen LogP) is 0.930. The Labute approximate surface area is 135 Å². The molecule has 1 aromatic carbocycles. The second kappa shape index (κ2) is 8.37. The number of carbonyl (C=O) groups excluding carboxylic acids is 1. The number of rotatable bonds is 8. The normalized spacial score (nSPS) is 18.0. The molecular weight excluding hydrogens is 323 g/mol. The molecule has 1 amide bonds. The standard InChI is InChI=1S/C15H21FN2O4S/c16-13-5-3-12(4-6-13)11-18-23(20,21)9-7-17-15(19)10-14-2-1-8-22-14/h3-6,14,18H,1-2,7-11H2,(H,17,19)/t14-/m1/s1. The Bertz CT molecular complexity index is 613. The third kappa shape index (κ3) is 6.64. The number of nitrogens with one attached hydrogen (secondary N) is 2. The van der Waals surface area contributed by atoms with Gasteiger partial charge in [-0.25, -0.2) is 17.5 Å². The van der Waals surface area contributed by atoms with Crippen LogP contribution in [0.15, 0.2) is 24.3 Å². The van der Waals surface area contributed by atoms with Crippen LogP contribution in [0.1, 0.15) is 24.8 Å². The fourth-order valence-corrected chi connectivity index (χ4v) is 3.18. The zero-order valence-corrected chi connectivity index (χ0v) is 13.6. The van der Waals surface area contributed by atoms with Crippen LogP contribution in [0, 0.1) is 5.82 Å². The predicted molar refractivity (Wildman–Crippen MR) is 83.6 cm³/mol. The summed E-state index contributed by atoms with van der Waals surface area (Å²) in [6, 6.07) is 5.58. The van der Waals surface area contributed by atoms with E-state index < -0.39 is 10.0 Å². The van der Waals surface area contributed by atoms with Crippen LogP contribution >= 0.6 is 0 Å². The van der Waals surface area contributed by atoms with Gasteiger partial charge in [0, 0.05) is 19.7 Å². The van der Waals surface area contributed by atoms with E-state index in [0.29, 0.717) is 12.2 Å². The van der Waals surface area contributed by atoms with Crippen LogP contribution in [-0.4, -0.2) is 39.3 Å². The van der Waals surface area contributed by atoms with Crippen molar-refractivity contribution in [2.24, 2.45) is 0 Å². The number of carbonyl (C=O) groups is 1. The summed E-state index contributed by atoms with van der Waals surface area (Å²) in [6.07, 6.45) is 2.04. The molecule has 0 aromatic heterocycles. The summed E-state index contributed by atoms with van der Waals surface area (Å²) in [5.74, 6) is -0.776. The highest BCUT2D eigenvalue weighted by Gasteiger charge is 2.19. The van der Waals surface area contributed by atoms with Gasteiger partial charge in [0.15, 0.2) is 0 Å². The van der Waals surface area contributed by atoms with Crippen molar-refractivity contribution in [1.82, 2.24) is 10.0 Å². The second-order valence-electron chi connectivity index (χ2n) is 5.46. The molecule has 1 fully saturated rings. The number of ether oxygens (including phenoxy) is 1. The van der Waals surface area contributed by atoms with Gasteiger partial charge in [0.1, 0.15) is 5.82 Å². The lowest BCUT2D eigenvalue weighted by Gasteiger charge is -2.10. The lowest BCUT2D eigenvalue weighted by Crippen LogP contribution is -2.35. The monoisotopic (exact) mass is 344 g/mol. The van der Waals surface area contributed by atoms with Gasteiger partial charge in [-0.3, -0.25) is 4.79 Å². The Balaban J connectivity index is 1.66. The van der Waals surface area contributed by atoms with Gasteiger partial charge in [0.05, 0.1) is 18.3 Å². The van der Waals surface area contributed by atoms with Crippen molar-refractivity contribution in [3.05, 3.63) is 35.6 Å². The average molecular weight is 344 g/mol. The van der Waals surface area contributed by atoms with Crippen molar-refractivity contribution in [1.29, 1.82) is 0 Å². The third-order valence-corrected chi connectivity index (χ3v) is 4.87. The Morgan fingerprint density at radius 3 is 2.70 bits per heavy atom. The van der Waals surface area contributed by atoms with Gasteiger partial charge in [-0.15, -0.1) is 0 Å². The topological polar surface area (TPSA) is 84.5 Å². The number of sulfonamides is 1. The molecule has 6 nitrogen and oxygen atoms in total. The lowest BCUT2D eigenvalue weighted by atomic mass is 10.2. The Kier molecular flexibility index (Phi) is 6.49. The van der Waals surface area contributed by atoms with Gasteiger partial charge in [0.2, 0.25) is 15.9 Å². The molecule has 2 N–H and O–H groups in total. The van der Waals surface area contributed by atoms with Crippen molar-refractivity contribution in [3.8, 4) is 0 Å². The molecule has 23 heavy (non-hydrogen) atoms. The van der Waals surface area contributed by atoms with Gasteiger partial charge in [-0.1, -0.05) is 12.1 Å². The third-order valence-electron chi connectivity index (χ3n) is 3.54. The molecular formula is C15H21FN2O4S. The molecule has 1 atom stereocenters. The zero-order valence-electron chi connectivity index (χ0n) is 12.8. The highest BCUT2D eigenvalue weighted by molar-refractivity contribution is 7.89. The SMILES string of the molecule is O=C(C[C@H]1CCCO1)NCCS(=O)(=O)NCc1ccc(F)cc1. The maximum absolute atomic E-state index is 12.8. The first-order chi connectivity index (χ1) is 10.9. The second-order valence-corrected chi connectivity index (χ2v) is 7.38. The van der Waals surface area contributed by atoms with Crippen molar-refractivity contribution in [2.45, 2.75) is 31.9 Å². The van der Waals surface area contributed by atoms with Gasteiger partial charge in [-0.2, -0.15) is 0 Å². The van der Waals surface area contributed by atoms with Crippen LogP contribution in [-0.2, 0) is 26.1 Å². The summed E-state index contributed by atoms with van der Waals surface area (Å²) >= 11 is 0. The lowest BCUT2D eigenvalue weighted by molar-refractivity contribution is -0.123. The van der Waals surface area contributed by atoms with Gasteiger partial charge < -0.3 is 10.1 Å². The highest BCUT2D eigenvalue weighted by atomic mass is 32.2. The van der Waals surface area contributed by atoms with Crippen LogP contribution < -0.4 is 10.0 Å². The maximum Gasteiger partial charge on any atom is 0.222 e. The molecule has 0 bridgehead atoms. The van der Waals surface area contributed by atoms with E-state index in [2.05, 4.69) is 10.0 Å². The van der Waals surface area contributed by atoms with Gasteiger partial charge >= 0.3 is 0 Å².